The van der Waals surface area contributed by atoms with Crippen LogP contribution >= 0.6 is 11.3 Å². The van der Waals surface area contributed by atoms with E-state index in [1.807, 2.05) is 29.7 Å². The first kappa shape index (κ1) is 23.0. The molecule has 1 aliphatic carbocycles. The van der Waals surface area contributed by atoms with Crippen molar-refractivity contribution in [3.05, 3.63) is 51.0 Å². The Morgan fingerprint density at radius 3 is 2.76 bits per heavy atom. The van der Waals surface area contributed by atoms with Crippen LogP contribution in [0.15, 0.2) is 24.4 Å². The number of likely N-dealkylation sites (tertiary alicyclic amines) is 1. The summed E-state index contributed by atoms with van der Waals surface area (Å²) in [7, 11) is 0. The van der Waals surface area contributed by atoms with Crippen LogP contribution in [0.25, 0.3) is 0 Å². The predicted octanol–water partition coefficient (Wildman–Crippen LogP) is 3.80. The molecular formula is C26H35N3O3S. The Hall–Kier alpha value is -1.80. The second kappa shape index (κ2) is 9.82. The van der Waals surface area contributed by atoms with E-state index in [0.717, 1.165) is 83.2 Å². The highest BCUT2D eigenvalue weighted by molar-refractivity contribution is 7.12. The molecule has 3 aliphatic rings. The molecule has 33 heavy (non-hydrogen) atoms. The molecule has 1 spiro atoms. The van der Waals surface area contributed by atoms with Gasteiger partial charge < -0.3 is 15.2 Å². The van der Waals surface area contributed by atoms with Crippen molar-refractivity contribution in [3.63, 3.8) is 0 Å². The summed E-state index contributed by atoms with van der Waals surface area (Å²) in [6.07, 6.45) is 9.02. The number of hydrogen-bond acceptors (Lipinski definition) is 6. The standard InChI is InChI=1S/C26H35N3O3S/c1-2-21-15-22-24(33-21)9-14-32-26(22)10-12-29(13-11-26)17-18-3-8-23(27-16-18)25(31)28-19-4-6-20(30)7-5-19/h3,8,15-16,19-20,30H,2,4-7,9-14,17H2,1H3,(H,28,31)/t19-,20-. The maximum atomic E-state index is 12.5. The summed E-state index contributed by atoms with van der Waals surface area (Å²) in [6, 6.07) is 6.40. The van der Waals surface area contributed by atoms with Gasteiger partial charge in [-0.3, -0.25) is 14.7 Å². The van der Waals surface area contributed by atoms with E-state index in [9.17, 15) is 9.90 Å². The number of aromatic nitrogens is 1. The van der Waals surface area contributed by atoms with Crippen LogP contribution in [0.4, 0.5) is 0 Å². The number of pyridine rings is 1. The summed E-state index contributed by atoms with van der Waals surface area (Å²) >= 11 is 1.98. The van der Waals surface area contributed by atoms with Crippen LogP contribution in [0.2, 0.25) is 0 Å². The maximum absolute atomic E-state index is 12.5. The van der Waals surface area contributed by atoms with Crippen LogP contribution in [-0.4, -0.2) is 52.7 Å². The lowest BCUT2D eigenvalue weighted by molar-refractivity contribution is -0.0981. The number of carbonyl (C=O) groups is 1. The van der Waals surface area contributed by atoms with Gasteiger partial charge in [0.05, 0.1) is 18.3 Å². The molecule has 7 heteroatoms. The van der Waals surface area contributed by atoms with Crippen molar-refractivity contribution in [3.8, 4) is 0 Å². The van der Waals surface area contributed by atoms with Gasteiger partial charge in [0.2, 0.25) is 0 Å². The predicted molar refractivity (Wildman–Crippen MR) is 130 cm³/mol. The number of aliphatic hydroxyl groups excluding tert-OH is 1. The number of nitrogens with zero attached hydrogens (tertiary/aromatic N) is 2. The summed E-state index contributed by atoms with van der Waals surface area (Å²) in [5.41, 5.74) is 2.97. The first-order chi connectivity index (χ1) is 16.0. The molecule has 5 rings (SSSR count). The van der Waals surface area contributed by atoms with Gasteiger partial charge in [0, 0.05) is 48.0 Å². The fourth-order valence-electron chi connectivity index (χ4n) is 5.52. The van der Waals surface area contributed by atoms with Crippen LogP contribution in [0.1, 0.15) is 76.8 Å². The number of aryl methyl sites for hydroxylation is 1. The summed E-state index contributed by atoms with van der Waals surface area (Å²) in [6.45, 7) is 5.93. The van der Waals surface area contributed by atoms with Crippen LogP contribution < -0.4 is 5.32 Å². The van der Waals surface area contributed by atoms with Crippen LogP contribution in [0.5, 0.6) is 0 Å². The summed E-state index contributed by atoms with van der Waals surface area (Å²) in [5.74, 6) is -0.115. The fourth-order valence-corrected chi connectivity index (χ4v) is 6.70. The number of piperidine rings is 1. The molecule has 0 unspecified atom stereocenters. The number of thiophene rings is 1. The Kier molecular flexibility index (Phi) is 6.84. The number of nitrogens with one attached hydrogen (secondary N) is 1. The van der Waals surface area contributed by atoms with Gasteiger partial charge in [-0.25, -0.2) is 0 Å². The van der Waals surface area contributed by atoms with E-state index < -0.39 is 0 Å². The van der Waals surface area contributed by atoms with Crippen LogP contribution in [0, 0.1) is 0 Å². The van der Waals surface area contributed by atoms with Crippen LogP contribution in [-0.2, 0) is 29.7 Å². The average molecular weight is 470 g/mol. The molecule has 0 aromatic carbocycles. The minimum Gasteiger partial charge on any atom is -0.393 e. The summed E-state index contributed by atoms with van der Waals surface area (Å²) < 4.78 is 6.41. The third kappa shape index (κ3) is 5.02. The van der Waals surface area contributed by atoms with E-state index >= 15 is 0 Å². The normalized spacial score (nSPS) is 25.0. The number of carbonyl (C=O) groups excluding carboxylic acids is 1. The molecule has 178 valence electrons. The zero-order chi connectivity index (χ0) is 22.8. The minimum atomic E-state index is -0.217. The topological polar surface area (TPSA) is 74.7 Å². The average Bonchev–Trinajstić information content (AvgIpc) is 3.28. The van der Waals surface area contributed by atoms with Gasteiger partial charge in [0.15, 0.2) is 0 Å². The van der Waals surface area contributed by atoms with Gasteiger partial charge in [-0.15, -0.1) is 11.3 Å². The molecule has 1 saturated heterocycles. The molecule has 4 heterocycles. The zero-order valence-electron chi connectivity index (χ0n) is 19.5. The fraction of sp³-hybridized carbons (Fsp3) is 0.615. The number of fused-ring (bicyclic) bond motifs is 2. The van der Waals surface area contributed by atoms with Crippen molar-refractivity contribution in [1.29, 1.82) is 0 Å². The first-order valence-electron chi connectivity index (χ1n) is 12.5. The van der Waals surface area contributed by atoms with Gasteiger partial charge in [-0.2, -0.15) is 0 Å². The molecule has 2 fully saturated rings. The van der Waals surface area contributed by atoms with E-state index in [2.05, 4.69) is 28.2 Å². The van der Waals surface area contributed by atoms with Gasteiger partial charge in [0.1, 0.15) is 5.69 Å². The lowest BCUT2D eigenvalue weighted by atomic mass is 9.82. The molecule has 2 aliphatic heterocycles. The van der Waals surface area contributed by atoms with Crippen molar-refractivity contribution >= 4 is 17.2 Å². The summed E-state index contributed by atoms with van der Waals surface area (Å²) in [5, 5.41) is 12.7. The smallest absolute Gasteiger partial charge is 0.270 e. The van der Waals surface area contributed by atoms with E-state index in [-0.39, 0.29) is 23.7 Å². The minimum absolute atomic E-state index is 0.0939. The molecule has 2 aromatic rings. The molecule has 0 radical (unpaired) electrons. The van der Waals surface area contributed by atoms with E-state index in [4.69, 9.17) is 4.74 Å². The van der Waals surface area contributed by atoms with Crippen molar-refractivity contribution < 1.29 is 14.6 Å². The number of amides is 1. The lowest BCUT2D eigenvalue weighted by Gasteiger charge is -2.44. The summed E-state index contributed by atoms with van der Waals surface area (Å²) in [4.78, 5) is 22.5. The second-order valence-electron chi connectivity index (χ2n) is 9.80. The Morgan fingerprint density at radius 2 is 2.06 bits per heavy atom. The largest absolute Gasteiger partial charge is 0.393 e. The molecule has 6 nitrogen and oxygen atoms in total. The Balaban J connectivity index is 1.15. The third-order valence-electron chi connectivity index (χ3n) is 7.57. The molecule has 1 saturated carbocycles. The maximum Gasteiger partial charge on any atom is 0.270 e. The second-order valence-corrected chi connectivity index (χ2v) is 11.0. The van der Waals surface area contributed by atoms with E-state index in [1.165, 1.54) is 15.3 Å². The SMILES string of the molecule is CCc1cc2c(s1)CCOC21CCN(Cc2ccc(C(=O)N[C@H]3CC[C@H](O)CC3)nc2)CC1. The van der Waals surface area contributed by atoms with Crippen LogP contribution in [0.3, 0.4) is 0 Å². The number of hydrogen-bond donors (Lipinski definition) is 2. The molecule has 2 N–H and O–H groups in total. The molecule has 1 amide bonds. The van der Waals surface area contributed by atoms with Gasteiger partial charge >= 0.3 is 0 Å². The molecular weight excluding hydrogens is 434 g/mol. The monoisotopic (exact) mass is 469 g/mol. The Morgan fingerprint density at radius 1 is 1.27 bits per heavy atom. The highest BCUT2D eigenvalue weighted by atomic mass is 32.1. The van der Waals surface area contributed by atoms with Gasteiger partial charge in [0.25, 0.3) is 5.91 Å². The number of ether oxygens (including phenoxy) is 1. The highest BCUT2D eigenvalue weighted by Gasteiger charge is 2.41. The first-order valence-corrected chi connectivity index (χ1v) is 13.3. The van der Waals surface area contributed by atoms with Crippen molar-refractivity contribution in [1.82, 2.24) is 15.2 Å². The highest BCUT2D eigenvalue weighted by Crippen LogP contribution is 2.44. The van der Waals surface area contributed by atoms with Crippen molar-refractivity contribution in [2.24, 2.45) is 0 Å². The Bertz CT molecular complexity index is 958. The lowest BCUT2D eigenvalue weighted by Crippen LogP contribution is -2.45. The van der Waals surface area contributed by atoms with E-state index in [0.29, 0.717) is 5.69 Å². The molecule has 0 bridgehead atoms. The van der Waals surface area contributed by atoms with E-state index in [1.54, 1.807) is 0 Å². The molecule has 0 atom stereocenters. The zero-order valence-corrected chi connectivity index (χ0v) is 20.3. The van der Waals surface area contributed by atoms with Gasteiger partial charge in [-0.1, -0.05) is 13.0 Å². The Labute approximate surface area is 200 Å². The number of aliphatic hydroxyl groups is 1. The number of rotatable bonds is 5. The quantitative estimate of drug-likeness (QED) is 0.697. The third-order valence-corrected chi connectivity index (χ3v) is 8.91. The van der Waals surface area contributed by atoms with Crippen molar-refractivity contribution in [2.75, 3.05) is 19.7 Å². The van der Waals surface area contributed by atoms with Gasteiger partial charge in [-0.05, 0) is 68.2 Å². The molecule has 2 aromatic heterocycles. The van der Waals surface area contributed by atoms with Crippen molar-refractivity contribution in [2.45, 2.75) is 82.6 Å².